The second-order valence-electron chi connectivity index (χ2n) is 9.00. The van der Waals surface area contributed by atoms with Crippen molar-refractivity contribution in [2.75, 3.05) is 6.26 Å². The van der Waals surface area contributed by atoms with Gasteiger partial charge in [0.2, 0.25) is 0 Å². The summed E-state index contributed by atoms with van der Waals surface area (Å²) in [6.45, 7) is 20.8. The Morgan fingerprint density at radius 3 is 2.61 bits per heavy atom. The summed E-state index contributed by atoms with van der Waals surface area (Å²) in [5.41, 5.74) is 2.83. The topological polar surface area (TPSA) is 62.2 Å². The number of thiazole rings is 1. The molecule has 0 fully saturated rings. The molecule has 1 aromatic rings. The maximum absolute atomic E-state index is 11.9. The van der Waals surface area contributed by atoms with Crippen LogP contribution in [0.5, 0.6) is 0 Å². The van der Waals surface area contributed by atoms with Crippen LogP contribution < -0.4 is 5.32 Å². The van der Waals surface area contributed by atoms with E-state index in [0.717, 1.165) is 41.2 Å². The van der Waals surface area contributed by atoms with Crippen LogP contribution in [0.4, 0.5) is 0 Å². The molecule has 0 radical (unpaired) electrons. The second-order valence-corrected chi connectivity index (χ2v) is 12.7. The molecule has 1 aromatic heterocycles. The number of carbonyl (C=O) groups excluding carboxylic acids is 1. The predicted octanol–water partition coefficient (Wildman–Crippen LogP) is 7.20. The molecule has 0 bridgehead atoms. The van der Waals surface area contributed by atoms with Crippen molar-refractivity contribution in [3.8, 4) is 0 Å². The Balaban J connectivity index is 3.08. The van der Waals surface area contributed by atoms with Gasteiger partial charge in [0.15, 0.2) is 5.78 Å². The smallest absolute Gasteiger partial charge is 0.187 e. The number of nitrogens with zero attached hydrogens (tertiary/aromatic N) is 1. The number of nitrogens with one attached hydrogen (secondary N) is 1. The van der Waals surface area contributed by atoms with Crippen molar-refractivity contribution in [3.63, 3.8) is 0 Å². The summed E-state index contributed by atoms with van der Waals surface area (Å²) in [7, 11) is 3.60. The van der Waals surface area contributed by atoms with Crippen molar-refractivity contribution >= 4 is 38.7 Å². The minimum atomic E-state index is -1.10. The van der Waals surface area contributed by atoms with Crippen molar-refractivity contribution in [3.05, 3.63) is 64.8 Å². The Kier molecular flexibility index (Phi) is 12.2. The van der Waals surface area contributed by atoms with E-state index in [1.165, 1.54) is 6.08 Å². The van der Waals surface area contributed by atoms with Crippen molar-refractivity contribution in [1.82, 2.24) is 10.3 Å². The maximum Gasteiger partial charge on any atom is 0.187 e. The van der Waals surface area contributed by atoms with Gasteiger partial charge in [0.25, 0.3) is 0 Å². The molecular weight excluding hydrogens is 468 g/mol. The van der Waals surface area contributed by atoms with Gasteiger partial charge in [0.05, 0.1) is 6.04 Å². The lowest BCUT2D eigenvalue weighted by Crippen LogP contribution is -2.42. The molecule has 0 saturated heterocycles. The zero-order valence-electron chi connectivity index (χ0n) is 21.1. The largest absolute Gasteiger partial charge is 0.381 e. The lowest BCUT2D eigenvalue weighted by Gasteiger charge is -2.45. The zero-order chi connectivity index (χ0) is 25.2. The molecule has 0 saturated carbocycles. The van der Waals surface area contributed by atoms with Crippen LogP contribution in [-0.2, 0) is 4.79 Å². The third-order valence-electron chi connectivity index (χ3n) is 5.84. The van der Waals surface area contributed by atoms with E-state index in [9.17, 15) is 9.90 Å². The van der Waals surface area contributed by atoms with Crippen LogP contribution in [0.2, 0.25) is 0 Å². The molecule has 0 amide bonds. The number of aryl methyl sites for hydroxylation is 1. The van der Waals surface area contributed by atoms with Gasteiger partial charge in [-0.2, -0.15) is 0 Å². The van der Waals surface area contributed by atoms with Gasteiger partial charge in [-0.3, -0.25) is 4.79 Å². The fourth-order valence-electron chi connectivity index (χ4n) is 3.59. The Bertz CT molecular complexity index is 873. The fourth-order valence-corrected chi connectivity index (χ4v) is 7.46. The number of aliphatic hydroxyl groups excluding tert-OH is 1. The van der Waals surface area contributed by atoms with Gasteiger partial charge in [0.1, 0.15) is 11.1 Å². The van der Waals surface area contributed by atoms with Gasteiger partial charge in [-0.05, 0) is 64.4 Å². The first-order valence-corrected chi connectivity index (χ1v) is 14.6. The fraction of sp³-hybridized carbons (Fsp3) is 0.538. The summed E-state index contributed by atoms with van der Waals surface area (Å²) >= 11 is 1.66. The molecule has 0 aliphatic rings. The van der Waals surface area contributed by atoms with Gasteiger partial charge < -0.3 is 10.4 Å². The summed E-state index contributed by atoms with van der Waals surface area (Å²) in [5.74, 6) is -0.294. The second kappa shape index (κ2) is 13.6. The SMILES string of the molecule is C=CC(C)(C)C(CC/C(C)=C/C(O)C(=O)/C=C/C)(CC(=C)NC(C)c1nc(C)cs1)SSC. The minimum Gasteiger partial charge on any atom is -0.381 e. The number of carbonyl (C=O) groups is 1. The maximum atomic E-state index is 11.9. The van der Waals surface area contributed by atoms with Gasteiger partial charge in [-0.1, -0.05) is 59.7 Å². The van der Waals surface area contributed by atoms with Crippen molar-refractivity contribution in [2.24, 2.45) is 5.41 Å². The molecule has 0 aliphatic carbocycles. The summed E-state index contributed by atoms with van der Waals surface area (Å²) in [6.07, 6.45) is 10.1. The Hall–Kier alpha value is -1.28. The third-order valence-corrected chi connectivity index (χ3v) is 9.80. The minimum absolute atomic E-state index is 0.0921. The zero-order valence-corrected chi connectivity index (χ0v) is 23.6. The van der Waals surface area contributed by atoms with E-state index >= 15 is 0 Å². The summed E-state index contributed by atoms with van der Waals surface area (Å²) in [5, 5.41) is 16.9. The monoisotopic (exact) mass is 508 g/mol. The Labute approximate surface area is 212 Å². The lowest BCUT2D eigenvalue weighted by molar-refractivity contribution is -0.120. The number of hydrogen-bond acceptors (Lipinski definition) is 7. The van der Waals surface area contributed by atoms with E-state index in [0.29, 0.717) is 0 Å². The van der Waals surface area contributed by atoms with E-state index < -0.39 is 6.10 Å². The summed E-state index contributed by atoms with van der Waals surface area (Å²) in [4.78, 5) is 16.5. The highest BCUT2D eigenvalue weighted by Crippen LogP contribution is 2.54. The highest BCUT2D eigenvalue weighted by atomic mass is 33.1. The highest BCUT2D eigenvalue weighted by molar-refractivity contribution is 8.77. The van der Waals surface area contributed by atoms with Crippen LogP contribution in [0, 0.1) is 12.3 Å². The van der Waals surface area contributed by atoms with Crippen LogP contribution in [0.15, 0.2) is 54.1 Å². The molecule has 1 heterocycles. The number of aromatic nitrogens is 1. The Morgan fingerprint density at radius 1 is 1.42 bits per heavy atom. The molecule has 1 rings (SSSR count). The number of aliphatic hydroxyl groups is 1. The van der Waals surface area contributed by atoms with Gasteiger partial charge in [0, 0.05) is 27.9 Å². The summed E-state index contributed by atoms with van der Waals surface area (Å²) in [6, 6.07) is 0.0921. The normalized spacial score (nSPS) is 16.3. The van der Waals surface area contributed by atoms with Gasteiger partial charge in [-0.25, -0.2) is 4.98 Å². The highest BCUT2D eigenvalue weighted by Gasteiger charge is 2.44. The lowest BCUT2D eigenvalue weighted by atomic mass is 9.72. The third kappa shape index (κ3) is 8.78. The van der Waals surface area contributed by atoms with Crippen molar-refractivity contribution in [2.45, 2.75) is 77.7 Å². The van der Waals surface area contributed by atoms with E-state index in [1.54, 1.807) is 41.2 Å². The molecule has 33 heavy (non-hydrogen) atoms. The van der Waals surface area contributed by atoms with E-state index in [2.05, 4.69) is 55.9 Å². The number of rotatable bonds is 15. The first kappa shape index (κ1) is 29.8. The van der Waals surface area contributed by atoms with Crippen molar-refractivity contribution < 1.29 is 9.90 Å². The molecule has 184 valence electrons. The van der Waals surface area contributed by atoms with Gasteiger partial charge in [-0.15, -0.1) is 17.9 Å². The van der Waals surface area contributed by atoms with E-state index in [1.807, 2.05) is 30.7 Å². The number of ketones is 1. The van der Waals surface area contributed by atoms with E-state index in [4.69, 9.17) is 0 Å². The molecule has 4 nitrogen and oxygen atoms in total. The number of allylic oxidation sites excluding steroid dienone is 4. The molecule has 3 atom stereocenters. The molecular formula is C26H40N2O2S3. The molecule has 0 spiro atoms. The van der Waals surface area contributed by atoms with Crippen LogP contribution in [0.3, 0.4) is 0 Å². The van der Waals surface area contributed by atoms with Gasteiger partial charge >= 0.3 is 0 Å². The molecule has 7 heteroatoms. The first-order valence-electron chi connectivity index (χ1n) is 11.1. The Morgan fingerprint density at radius 2 is 2.09 bits per heavy atom. The van der Waals surface area contributed by atoms with Crippen LogP contribution in [0.1, 0.15) is 70.6 Å². The molecule has 2 N–H and O–H groups in total. The number of hydrogen-bond donors (Lipinski definition) is 2. The van der Waals surface area contributed by atoms with Crippen molar-refractivity contribution in [1.29, 1.82) is 0 Å². The van der Waals surface area contributed by atoms with Crippen LogP contribution in [-0.4, -0.2) is 33.0 Å². The predicted molar refractivity (Wildman–Crippen MR) is 149 cm³/mol. The molecule has 3 unspecified atom stereocenters. The molecule has 0 aromatic carbocycles. The van der Waals surface area contributed by atoms with Crippen LogP contribution in [0.25, 0.3) is 0 Å². The standard InChI is InChI=1S/C26H40N2O2S3/c1-10-12-22(29)23(30)15-18(3)13-14-26(33-31-9,25(7,8)11-2)16-19(4)27-21(6)24-28-20(5)17-32-24/h10-12,15,17,21,23,27,30H,2,4,13-14,16H2,1,3,5-9H3/b12-10+,18-15+. The molecule has 0 aliphatic heterocycles. The average Bonchev–Trinajstić information content (AvgIpc) is 3.18. The van der Waals surface area contributed by atoms with Crippen LogP contribution >= 0.6 is 32.9 Å². The first-order chi connectivity index (χ1) is 15.4. The van der Waals surface area contributed by atoms with E-state index in [-0.39, 0.29) is 22.0 Å². The quantitative estimate of drug-likeness (QED) is 0.148. The average molecular weight is 509 g/mol. The summed E-state index contributed by atoms with van der Waals surface area (Å²) < 4.78 is -0.176.